The molecule has 0 aliphatic rings. The number of carboxylic acids is 1. The molecular formula is C15H23NO3. The Kier molecular flexibility index (Phi) is 6.36. The maximum atomic E-state index is 10.8. The molecule has 0 aliphatic carbocycles. The first kappa shape index (κ1) is 15.5. The van der Waals surface area contributed by atoms with E-state index in [1.807, 2.05) is 43.0 Å². The van der Waals surface area contributed by atoms with Crippen LogP contribution in [0.2, 0.25) is 0 Å². The Morgan fingerprint density at radius 3 is 2.68 bits per heavy atom. The molecule has 1 aromatic rings. The van der Waals surface area contributed by atoms with Crippen LogP contribution in [-0.2, 0) is 4.79 Å². The van der Waals surface area contributed by atoms with Crippen LogP contribution in [0.5, 0.6) is 5.75 Å². The summed E-state index contributed by atoms with van der Waals surface area (Å²) in [6, 6.07) is 8.08. The lowest BCUT2D eigenvalue weighted by Gasteiger charge is -2.26. The number of carboxylic acid groups (broad SMARTS) is 1. The summed E-state index contributed by atoms with van der Waals surface area (Å²) in [4.78, 5) is 12.8. The minimum atomic E-state index is -0.795. The van der Waals surface area contributed by atoms with Crippen molar-refractivity contribution in [1.29, 1.82) is 0 Å². The van der Waals surface area contributed by atoms with E-state index in [0.29, 0.717) is 13.2 Å². The standard InChI is InChI=1S/C15H23NO3/c1-4-13(3)16(11-15(17)18)9-10-19-14-8-6-5-7-12(14)2/h5-8,13H,4,9-11H2,1-3H3,(H,17,18). The van der Waals surface area contributed by atoms with Crippen molar-refractivity contribution >= 4 is 5.97 Å². The van der Waals surface area contributed by atoms with Crippen LogP contribution in [0.1, 0.15) is 25.8 Å². The fraction of sp³-hybridized carbons (Fsp3) is 0.533. The summed E-state index contributed by atoms with van der Waals surface area (Å²) < 4.78 is 5.71. The molecule has 1 N–H and O–H groups in total. The van der Waals surface area contributed by atoms with E-state index in [2.05, 4.69) is 6.92 Å². The highest BCUT2D eigenvalue weighted by Crippen LogP contribution is 2.16. The lowest BCUT2D eigenvalue weighted by molar-refractivity contribution is -0.139. The molecule has 1 aromatic carbocycles. The van der Waals surface area contributed by atoms with E-state index in [1.165, 1.54) is 0 Å². The number of benzene rings is 1. The molecule has 106 valence electrons. The number of carbonyl (C=O) groups is 1. The van der Waals surface area contributed by atoms with Gasteiger partial charge in [0.1, 0.15) is 12.4 Å². The molecule has 0 aliphatic heterocycles. The number of aliphatic carboxylic acids is 1. The van der Waals surface area contributed by atoms with Crippen LogP contribution >= 0.6 is 0 Å². The highest BCUT2D eigenvalue weighted by Gasteiger charge is 2.15. The third kappa shape index (κ3) is 5.30. The Bertz CT molecular complexity index is 406. The average Bonchev–Trinajstić information content (AvgIpc) is 2.38. The van der Waals surface area contributed by atoms with Crippen LogP contribution in [0, 0.1) is 6.92 Å². The molecule has 0 saturated heterocycles. The van der Waals surface area contributed by atoms with Gasteiger partial charge in [-0.3, -0.25) is 9.69 Å². The Morgan fingerprint density at radius 2 is 2.11 bits per heavy atom. The summed E-state index contributed by atoms with van der Waals surface area (Å²) >= 11 is 0. The molecule has 1 rings (SSSR count). The summed E-state index contributed by atoms with van der Waals surface area (Å²) in [5, 5.41) is 8.91. The van der Waals surface area contributed by atoms with E-state index in [-0.39, 0.29) is 12.6 Å². The van der Waals surface area contributed by atoms with Crippen molar-refractivity contribution in [3.05, 3.63) is 29.8 Å². The van der Waals surface area contributed by atoms with Crippen molar-refractivity contribution in [1.82, 2.24) is 4.90 Å². The van der Waals surface area contributed by atoms with Crippen LogP contribution in [0.3, 0.4) is 0 Å². The van der Waals surface area contributed by atoms with Crippen molar-refractivity contribution in [3.63, 3.8) is 0 Å². The van der Waals surface area contributed by atoms with Gasteiger partial charge in [-0.2, -0.15) is 0 Å². The van der Waals surface area contributed by atoms with Gasteiger partial charge in [-0.15, -0.1) is 0 Å². The van der Waals surface area contributed by atoms with Gasteiger partial charge in [0.15, 0.2) is 0 Å². The fourth-order valence-electron chi connectivity index (χ4n) is 1.88. The number of hydrogen-bond donors (Lipinski definition) is 1. The van der Waals surface area contributed by atoms with Gasteiger partial charge in [-0.25, -0.2) is 0 Å². The number of ether oxygens (including phenoxy) is 1. The molecule has 0 saturated carbocycles. The van der Waals surface area contributed by atoms with Gasteiger partial charge < -0.3 is 9.84 Å². The predicted octanol–water partition coefficient (Wildman–Crippen LogP) is 2.56. The molecule has 0 spiro atoms. The minimum absolute atomic E-state index is 0.0616. The number of nitrogens with zero attached hydrogens (tertiary/aromatic N) is 1. The summed E-state index contributed by atoms with van der Waals surface area (Å²) in [6.45, 7) is 7.28. The van der Waals surface area contributed by atoms with E-state index in [4.69, 9.17) is 9.84 Å². The molecule has 0 aromatic heterocycles. The summed E-state index contributed by atoms with van der Waals surface area (Å²) in [5.41, 5.74) is 1.09. The van der Waals surface area contributed by atoms with Crippen LogP contribution in [0.25, 0.3) is 0 Å². The van der Waals surface area contributed by atoms with Gasteiger partial charge in [-0.1, -0.05) is 25.1 Å². The molecule has 4 heteroatoms. The van der Waals surface area contributed by atoms with Crippen molar-refractivity contribution in [2.75, 3.05) is 19.7 Å². The normalized spacial score (nSPS) is 12.4. The highest BCUT2D eigenvalue weighted by molar-refractivity contribution is 5.69. The summed E-state index contributed by atoms with van der Waals surface area (Å²) in [7, 11) is 0. The van der Waals surface area contributed by atoms with Gasteiger partial charge in [0.25, 0.3) is 0 Å². The number of hydrogen-bond acceptors (Lipinski definition) is 3. The smallest absolute Gasteiger partial charge is 0.317 e. The summed E-state index contributed by atoms with van der Waals surface area (Å²) in [5.74, 6) is 0.0677. The van der Waals surface area contributed by atoms with Crippen LogP contribution in [0.4, 0.5) is 0 Å². The first-order valence-electron chi connectivity index (χ1n) is 6.68. The maximum Gasteiger partial charge on any atom is 0.317 e. The van der Waals surface area contributed by atoms with Crippen LogP contribution < -0.4 is 4.74 Å². The van der Waals surface area contributed by atoms with E-state index < -0.39 is 5.97 Å². The van der Waals surface area contributed by atoms with Gasteiger partial charge in [-0.05, 0) is 31.9 Å². The van der Waals surface area contributed by atoms with E-state index in [9.17, 15) is 4.79 Å². The fourth-order valence-corrected chi connectivity index (χ4v) is 1.88. The summed E-state index contributed by atoms with van der Waals surface area (Å²) in [6.07, 6.45) is 0.928. The lowest BCUT2D eigenvalue weighted by atomic mass is 10.2. The second-order valence-electron chi connectivity index (χ2n) is 4.74. The first-order valence-corrected chi connectivity index (χ1v) is 6.68. The number of para-hydroxylation sites is 1. The Morgan fingerprint density at radius 1 is 1.42 bits per heavy atom. The quantitative estimate of drug-likeness (QED) is 0.785. The zero-order valence-corrected chi connectivity index (χ0v) is 11.9. The van der Waals surface area contributed by atoms with Crippen molar-refractivity contribution in [3.8, 4) is 5.75 Å². The SMILES string of the molecule is CCC(C)N(CCOc1ccccc1C)CC(=O)O. The molecule has 1 atom stereocenters. The molecular weight excluding hydrogens is 242 g/mol. The minimum Gasteiger partial charge on any atom is -0.492 e. The van der Waals surface area contributed by atoms with Crippen LogP contribution in [0.15, 0.2) is 24.3 Å². The molecule has 1 unspecified atom stereocenters. The Balaban J connectivity index is 2.48. The number of rotatable bonds is 8. The van der Waals surface area contributed by atoms with Gasteiger partial charge in [0.05, 0.1) is 6.54 Å². The lowest BCUT2D eigenvalue weighted by Crippen LogP contribution is -2.39. The van der Waals surface area contributed by atoms with Crippen molar-refractivity contribution in [2.45, 2.75) is 33.2 Å². The molecule has 0 bridgehead atoms. The molecule has 0 radical (unpaired) electrons. The molecule has 19 heavy (non-hydrogen) atoms. The molecule has 0 heterocycles. The Labute approximate surface area is 115 Å². The van der Waals surface area contributed by atoms with Crippen LogP contribution in [-0.4, -0.2) is 41.7 Å². The molecule has 0 fully saturated rings. The number of aryl methyl sites for hydroxylation is 1. The topological polar surface area (TPSA) is 49.8 Å². The average molecular weight is 265 g/mol. The van der Waals surface area contributed by atoms with Crippen molar-refractivity contribution in [2.24, 2.45) is 0 Å². The zero-order valence-electron chi connectivity index (χ0n) is 11.9. The molecule has 4 nitrogen and oxygen atoms in total. The third-order valence-electron chi connectivity index (χ3n) is 3.28. The van der Waals surface area contributed by atoms with E-state index in [1.54, 1.807) is 0 Å². The third-order valence-corrected chi connectivity index (χ3v) is 3.28. The monoisotopic (exact) mass is 265 g/mol. The first-order chi connectivity index (χ1) is 9.04. The maximum absolute atomic E-state index is 10.8. The van der Waals surface area contributed by atoms with Gasteiger partial charge >= 0.3 is 5.97 Å². The zero-order chi connectivity index (χ0) is 14.3. The van der Waals surface area contributed by atoms with E-state index >= 15 is 0 Å². The second kappa shape index (κ2) is 7.79. The van der Waals surface area contributed by atoms with Crippen molar-refractivity contribution < 1.29 is 14.6 Å². The second-order valence-corrected chi connectivity index (χ2v) is 4.74. The predicted molar refractivity (Wildman–Crippen MR) is 75.6 cm³/mol. The van der Waals surface area contributed by atoms with E-state index in [0.717, 1.165) is 17.7 Å². The van der Waals surface area contributed by atoms with Gasteiger partial charge in [0.2, 0.25) is 0 Å². The highest BCUT2D eigenvalue weighted by atomic mass is 16.5. The Hall–Kier alpha value is -1.55. The molecule has 0 amide bonds. The largest absolute Gasteiger partial charge is 0.492 e. The van der Waals surface area contributed by atoms with Gasteiger partial charge in [0, 0.05) is 12.6 Å².